The standard InChI is InChI=1S/C20H16N6O2S/c21-19(27)16-10-14(7-8-23-16)28-13-5-3-12(4-6-13)24-18-11-15(25-20(22)26-18)17-2-1-9-29-17/h1-11H,(H2,21,27)(H3,22,24,25,26). The molecule has 9 heteroatoms. The molecular weight excluding hydrogens is 388 g/mol. The fraction of sp³-hybridized carbons (Fsp3) is 0. The monoisotopic (exact) mass is 404 g/mol. The number of nitrogens with two attached hydrogens (primary N) is 2. The van der Waals surface area contributed by atoms with Gasteiger partial charge in [0.2, 0.25) is 5.95 Å². The summed E-state index contributed by atoms with van der Waals surface area (Å²) in [5.74, 6) is 1.24. The van der Waals surface area contributed by atoms with Crippen molar-refractivity contribution in [2.45, 2.75) is 0 Å². The van der Waals surface area contributed by atoms with E-state index in [9.17, 15) is 4.79 Å². The smallest absolute Gasteiger partial charge is 0.267 e. The summed E-state index contributed by atoms with van der Waals surface area (Å²) in [5.41, 5.74) is 12.8. The average molecular weight is 404 g/mol. The summed E-state index contributed by atoms with van der Waals surface area (Å²) < 4.78 is 5.74. The van der Waals surface area contributed by atoms with Crippen molar-refractivity contribution in [2.24, 2.45) is 5.73 Å². The van der Waals surface area contributed by atoms with Gasteiger partial charge in [0.25, 0.3) is 5.91 Å². The van der Waals surface area contributed by atoms with E-state index in [0.29, 0.717) is 17.3 Å². The molecule has 0 saturated heterocycles. The van der Waals surface area contributed by atoms with Crippen LogP contribution in [0.3, 0.4) is 0 Å². The molecule has 0 aliphatic carbocycles. The molecule has 4 rings (SSSR count). The quantitative estimate of drug-likeness (QED) is 0.445. The Morgan fingerprint density at radius 2 is 1.86 bits per heavy atom. The van der Waals surface area contributed by atoms with Crippen LogP contribution >= 0.6 is 11.3 Å². The van der Waals surface area contributed by atoms with Crippen LogP contribution in [0.25, 0.3) is 10.6 Å². The average Bonchev–Trinajstić information content (AvgIpc) is 3.24. The van der Waals surface area contributed by atoms with Crippen LogP contribution in [0.4, 0.5) is 17.5 Å². The third-order valence-corrected chi connectivity index (χ3v) is 4.76. The molecule has 0 saturated carbocycles. The van der Waals surface area contributed by atoms with Gasteiger partial charge in [0.1, 0.15) is 23.0 Å². The summed E-state index contributed by atoms with van der Waals surface area (Å²) in [6, 6.07) is 16.2. The summed E-state index contributed by atoms with van der Waals surface area (Å²) in [6.07, 6.45) is 1.47. The maximum Gasteiger partial charge on any atom is 0.267 e. The molecule has 144 valence electrons. The summed E-state index contributed by atoms with van der Waals surface area (Å²) in [7, 11) is 0. The van der Waals surface area contributed by atoms with E-state index in [0.717, 1.165) is 16.3 Å². The first-order chi connectivity index (χ1) is 14.1. The molecule has 0 aliphatic rings. The fourth-order valence-corrected chi connectivity index (χ4v) is 3.27. The van der Waals surface area contributed by atoms with E-state index in [1.165, 1.54) is 12.3 Å². The lowest BCUT2D eigenvalue weighted by molar-refractivity contribution is 0.0995. The maximum atomic E-state index is 11.2. The van der Waals surface area contributed by atoms with E-state index in [4.69, 9.17) is 16.2 Å². The first kappa shape index (κ1) is 18.4. The van der Waals surface area contributed by atoms with E-state index < -0.39 is 5.91 Å². The summed E-state index contributed by atoms with van der Waals surface area (Å²) in [4.78, 5) is 24.6. The Kier molecular flexibility index (Phi) is 5.04. The second kappa shape index (κ2) is 7.95. The predicted molar refractivity (Wildman–Crippen MR) is 112 cm³/mol. The zero-order valence-corrected chi connectivity index (χ0v) is 15.9. The van der Waals surface area contributed by atoms with Gasteiger partial charge in [-0.05, 0) is 41.8 Å². The number of aromatic nitrogens is 3. The normalized spacial score (nSPS) is 10.5. The van der Waals surface area contributed by atoms with Crippen molar-refractivity contribution in [1.29, 1.82) is 0 Å². The molecule has 0 fully saturated rings. The maximum absolute atomic E-state index is 11.2. The Labute approximate surface area is 170 Å². The van der Waals surface area contributed by atoms with Crippen LogP contribution in [0.15, 0.2) is 66.2 Å². The number of rotatable bonds is 6. The van der Waals surface area contributed by atoms with Crippen LogP contribution in [0.2, 0.25) is 0 Å². The topological polar surface area (TPSA) is 129 Å². The number of carbonyl (C=O) groups is 1. The van der Waals surface area contributed by atoms with E-state index >= 15 is 0 Å². The van der Waals surface area contributed by atoms with Gasteiger partial charge in [0, 0.05) is 24.0 Å². The number of primary amides is 1. The number of ether oxygens (including phenoxy) is 1. The first-order valence-corrected chi connectivity index (χ1v) is 9.44. The lowest BCUT2D eigenvalue weighted by Crippen LogP contribution is -2.12. The molecule has 8 nitrogen and oxygen atoms in total. The van der Waals surface area contributed by atoms with E-state index in [-0.39, 0.29) is 11.6 Å². The zero-order chi connectivity index (χ0) is 20.2. The second-order valence-electron chi connectivity index (χ2n) is 5.97. The van der Waals surface area contributed by atoms with Gasteiger partial charge in [-0.25, -0.2) is 4.98 Å². The summed E-state index contributed by atoms with van der Waals surface area (Å²) in [5, 5.41) is 5.19. The number of benzene rings is 1. The molecule has 1 amide bonds. The van der Waals surface area contributed by atoms with Gasteiger partial charge < -0.3 is 21.5 Å². The number of thiophene rings is 1. The van der Waals surface area contributed by atoms with Crippen LogP contribution < -0.4 is 21.5 Å². The Morgan fingerprint density at radius 3 is 2.59 bits per heavy atom. The molecule has 4 aromatic rings. The lowest BCUT2D eigenvalue weighted by atomic mass is 10.2. The molecule has 1 aromatic carbocycles. The molecule has 0 unspecified atom stereocenters. The van der Waals surface area contributed by atoms with Crippen molar-refractivity contribution in [2.75, 3.05) is 11.1 Å². The number of amides is 1. The van der Waals surface area contributed by atoms with Crippen molar-refractivity contribution in [3.05, 3.63) is 71.9 Å². The highest BCUT2D eigenvalue weighted by Gasteiger charge is 2.07. The van der Waals surface area contributed by atoms with E-state index in [2.05, 4.69) is 20.3 Å². The molecule has 0 aliphatic heterocycles. The SMILES string of the molecule is NC(=O)c1cc(Oc2ccc(Nc3cc(-c4cccs4)nc(N)n3)cc2)ccn1. The van der Waals surface area contributed by atoms with Crippen molar-refractivity contribution < 1.29 is 9.53 Å². The number of nitrogens with one attached hydrogen (secondary N) is 1. The minimum absolute atomic E-state index is 0.142. The van der Waals surface area contributed by atoms with Gasteiger partial charge in [-0.2, -0.15) is 4.98 Å². The molecule has 3 heterocycles. The summed E-state index contributed by atoms with van der Waals surface area (Å²) in [6.45, 7) is 0. The Balaban J connectivity index is 1.49. The Bertz CT molecular complexity index is 1150. The molecule has 0 atom stereocenters. The van der Waals surface area contributed by atoms with E-state index in [1.807, 2.05) is 35.7 Å². The predicted octanol–water partition coefficient (Wildman–Crippen LogP) is 3.82. The van der Waals surface area contributed by atoms with Crippen LogP contribution in [0.1, 0.15) is 10.5 Å². The van der Waals surface area contributed by atoms with Crippen LogP contribution in [-0.2, 0) is 0 Å². The summed E-state index contributed by atoms with van der Waals surface area (Å²) >= 11 is 1.58. The van der Waals surface area contributed by atoms with Gasteiger partial charge >= 0.3 is 0 Å². The molecule has 0 spiro atoms. The van der Waals surface area contributed by atoms with Crippen LogP contribution in [0.5, 0.6) is 11.5 Å². The third-order valence-electron chi connectivity index (χ3n) is 3.86. The number of nitrogens with zero attached hydrogens (tertiary/aromatic N) is 3. The molecule has 3 aromatic heterocycles. The minimum Gasteiger partial charge on any atom is -0.457 e. The number of carbonyl (C=O) groups excluding carboxylic acids is 1. The molecule has 29 heavy (non-hydrogen) atoms. The highest BCUT2D eigenvalue weighted by atomic mass is 32.1. The first-order valence-electron chi connectivity index (χ1n) is 8.56. The highest BCUT2D eigenvalue weighted by Crippen LogP contribution is 2.28. The van der Waals surface area contributed by atoms with Crippen molar-refractivity contribution in [3.63, 3.8) is 0 Å². The number of pyridine rings is 1. The Morgan fingerprint density at radius 1 is 1.03 bits per heavy atom. The van der Waals surface area contributed by atoms with Crippen LogP contribution in [-0.4, -0.2) is 20.9 Å². The van der Waals surface area contributed by atoms with Crippen LogP contribution in [0, 0.1) is 0 Å². The van der Waals surface area contributed by atoms with Gasteiger partial charge in [0.05, 0.1) is 10.6 Å². The Hall–Kier alpha value is -3.98. The van der Waals surface area contributed by atoms with Crippen molar-refractivity contribution >= 4 is 34.7 Å². The highest BCUT2D eigenvalue weighted by molar-refractivity contribution is 7.13. The molecule has 0 radical (unpaired) electrons. The largest absolute Gasteiger partial charge is 0.457 e. The second-order valence-corrected chi connectivity index (χ2v) is 6.91. The van der Waals surface area contributed by atoms with E-state index in [1.54, 1.807) is 29.5 Å². The number of anilines is 3. The zero-order valence-electron chi connectivity index (χ0n) is 15.1. The lowest BCUT2D eigenvalue weighted by Gasteiger charge is -2.10. The van der Waals surface area contributed by atoms with Crippen molar-refractivity contribution in [3.8, 4) is 22.1 Å². The van der Waals surface area contributed by atoms with Gasteiger partial charge in [-0.1, -0.05) is 6.07 Å². The molecular formula is C20H16N6O2S. The molecule has 5 N–H and O–H groups in total. The minimum atomic E-state index is -0.610. The van der Waals surface area contributed by atoms with Gasteiger partial charge in [-0.3, -0.25) is 9.78 Å². The fourth-order valence-electron chi connectivity index (χ4n) is 2.58. The number of nitrogen functional groups attached to an aromatic ring is 1. The van der Waals surface area contributed by atoms with Crippen molar-refractivity contribution in [1.82, 2.24) is 15.0 Å². The van der Waals surface area contributed by atoms with Gasteiger partial charge in [0.15, 0.2) is 0 Å². The van der Waals surface area contributed by atoms with Gasteiger partial charge in [-0.15, -0.1) is 11.3 Å². The number of hydrogen-bond acceptors (Lipinski definition) is 8. The third kappa shape index (κ3) is 4.47. The molecule has 0 bridgehead atoms. The number of hydrogen-bond donors (Lipinski definition) is 3.